The maximum Gasteiger partial charge on any atom is 0.325 e. The Kier molecular flexibility index (Phi) is 4.59. The summed E-state index contributed by atoms with van der Waals surface area (Å²) in [7, 11) is -3.68. The molecule has 3 aromatic rings. The van der Waals surface area contributed by atoms with Crippen molar-refractivity contribution in [2.24, 2.45) is 0 Å². The van der Waals surface area contributed by atoms with Crippen molar-refractivity contribution in [3.63, 3.8) is 0 Å². The van der Waals surface area contributed by atoms with Crippen LogP contribution in [0.25, 0.3) is 11.0 Å². The highest BCUT2D eigenvalue weighted by molar-refractivity contribution is 7.90. The van der Waals surface area contributed by atoms with Gasteiger partial charge in [-0.2, -0.15) is 0 Å². The van der Waals surface area contributed by atoms with Crippen LogP contribution in [0.5, 0.6) is 11.5 Å². The summed E-state index contributed by atoms with van der Waals surface area (Å²) < 4.78 is 35.8. The lowest BCUT2D eigenvalue weighted by Crippen LogP contribution is -2.37. The highest BCUT2D eigenvalue weighted by Gasteiger charge is 2.22. The zero-order valence-electron chi connectivity index (χ0n) is 15.2. The van der Waals surface area contributed by atoms with Crippen molar-refractivity contribution >= 4 is 38.5 Å². The molecule has 0 radical (unpaired) electrons. The Morgan fingerprint density at radius 2 is 1.90 bits per heavy atom. The van der Waals surface area contributed by atoms with Crippen molar-refractivity contribution < 1.29 is 27.5 Å². The number of hydrogen-bond donors (Lipinski definition) is 2. The van der Waals surface area contributed by atoms with Gasteiger partial charge in [0.25, 0.3) is 0 Å². The van der Waals surface area contributed by atoms with Crippen LogP contribution < -0.4 is 20.1 Å². The summed E-state index contributed by atoms with van der Waals surface area (Å²) in [5.41, 5.74) is 1.31. The molecule has 2 aromatic carbocycles. The quantitative estimate of drug-likeness (QED) is 0.660. The second-order valence-electron chi connectivity index (χ2n) is 6.31. The lowest BCUT2D eigenvalue weighted by atomic mass is 10.3. The van der Waals surface area contributed by atoms with E-state index in [2.05, 4.69) is 15.6 Å². The van der Waals surface area contributed by atoms with Crippen molar-refractivity contribution in [2.45, 2.75) is 11.7 Å². The number of anilines is 1. The molecule has 29 heavy (non-hydrogen) atoms. The predicted molar refractivity (Wildman–Crippen MR) is 103 cm³/mol. The summed E-state index contributed by atoms with van der Waals surface area (Å²) in [5.74, 6) is 0.348. The molecular weight excluding hydrogens is 400 g/mol. The number of hydrogen-bond acceptors (Lipinski definition) is 7. The monoisotopic (exact) mass is 416 g/mol. The molecule has 0 saturated heterocycles. The number of para-hydroxylation sites is 2. The van der Waals surface area contributed by atoms with Gasteiger partial charge in [-0.15, -0.1) is 0 Å². The molecule has 10 nitrogen and oxygen atoms in total. The Morgan fingerprint density at radius 1 is 1.14 bits per heavy atom. The summed E-state index contributed by atoms with van der Waals surface area (Å²) in [5, 5.41) is 4.44. The molecule has 0 bridgehead atoms. The molecule has 150 valence electrons. The average Bonchev–Trinajstić information content (AvgIpc) is 3.25. The van der Waals surface area contributed by atoms with Crippen LogP contribution in [0, 0.1) is 0 Å². The van der Waals surface area contributed by atoms with Crippen LogP contribution in [0.15, 0.2) is 47.6 Å². The van der Waals surface area contributed by atoms with Gasteiger partial charge in [0.15, 0.2) is 11.5 Å². The summed E-state index contributed by atoms with van der Waals surface area (Å²) in [6.07, 6.45) is 1.01. The number of carbonyl (C=O) groups excluding carboxylic acids is 2. The Balaban J connectivity index is 1.49. The van der Waals surface area contributed by atoms with Crippen LogP contribution >= 0.6 is 0 Å². The lowest BCUT2D eigenvalue weighted by Gasteiger charge is -2.10. The number of carbonyl (C=O) groups is 2. The van der Waals surface area contributed by atoms with Gasteiger partial charge in [-0.1, -0.05) is 12.1 Å². The number of aromatic nitrogens is 2. The second kappa shape index (κ2) is 7.09. The number of imide groups is 1. The molecule has 2 heterocycles. The molecule has 1 aromatic heterocycles. The summed E-state index contributed by atoms with van der Waals surface area (Å²) >= 11 is 0. The van der Waals surface area contributed by atoms with E-state index in [1.807, 2.05) is 0 Å². The number of imidazole rings is 1. The molecule has 0 aliphatic carbocycles. The summed E-state index contributed by atoms with van der Waals surface area (Å²) in [6.45, 7) is -0.289. The standard InChI is InChI=1S/C18H16N4O6S/c1-29(25,26)18-20-12-4-2-3-5-13(12)22(18)9-16(23)21-17(24)19-11-6-7-14-15(8-11)28-10-27-14/h2-8H,9-10H2,1H3,(H2,19,21,23,24). The van der Waals surface area contributed by atoms with E-state index in [-0.39, 0.29) is 11.9 Å². The first-order valence-electron chi connectivity index (χ1n) is 8.47. The molecule has 11 heteroatoms. The minimum absolute atomic E-state index is 0.102. The van der Waals surface area contributed by atoms with Gasteiger partial charge in [0.05, 0.1) is 11.0 Å². The highest BCUT2D eigenvalue weighted by atomic mass is 32.2. The highest BCUT2D eigenvalue weighted by Crippen LogP contribution is 2.34. The van der Waals surface area contributed by atoms with Gasteiger partial charge in [-0.3, -0.25) is 10.1 Å². The summed E-state index contributed by atoms with van der Waals surface area (Å²) in [4.78, 5) is 28.6. The smallest absolute Gasteiger partial charge is 0.325 e. The largest absolute Gasteiger partial charge is 0.454 e. The molecule has 1 aliphatic heterocycles. The van der Waals surface area contributed by atoms with Crippen molar-refractivity contribution in [3.05, 3.63) is 42.5 Å². The van der Waals surface area contributed by atoms with E-state index >= 15 is 0 Å². The van der Waals surface area contributed by atoms with Crippen LogP contribution in [0.3, 0.4) is 0 Å². The minimum Gasteiger partial charge on any atom is -0.454 e. The maximum absolute atomic E-state index is 12.4. The van der Waals surface area contributed by atoms with Gasteiger partial charge >= 0.3 is 6.03 Å². The normalized spacial score (nSPS) is 12.7. The number of nitrogens with one attached hydrogen (secondary N) is 2. The molecule has 0 unspecified atom stereocenters. The number of nitrogens with zero attached hydrogens (tertiary/aromatic N) is 2. The first-order chi connectivity index (χ1) is 13.8. The van der Waals surface area contributed by atoms with Crippen LogP contribution in [0.2, 0.25) is 0 Å². The predicted octanol–water partition coefficient (Wildman–Crippen LogP) is 1.52. The van der Waals surface area contributed by atoms with E-state index in [1.54, 1.807) is 42.5 Å². The number of fused-ring (bicyclic) bond motifs is 2. The van der Waals surface area contributed by atoms with Crippen LogP contribution in [0.4, 0.5) is 10.5 Å². The van der Waals surface area contributed by atoms with Crippen molar-refractivity contribution in [1.82, 2.24) is 14.9 Å². The third-order valence-corrected chi connectivity index (χ3v) is 5.11. The van der Waals surface area contributed by atoms with Crippen LogP contribution in [0.1, 0.15) is 0 Å². The number of amides is 3. The minimum atomic E-state index is -3.68. The lowest BCUT2D eigenvalue weighted by molar-refractivity contribution is -0.120. The van der Waals surface area contributed by atoms with E-state index in [0.717, 1.165) is 6.26 Å². The Morgan fingerprint density at radius 3 is 2.69 bits per heavy atom. The first kappa shape index (κ1) is 18.7. The second-order valence-corrected chi connectivity index (χ2v) is 8.22. The van der Waals surface area contributed by atoms with Gasteiger partial charge in [-0.05, 0) is 24.3 Å². The fraction of sp³-hybridized carbons (Fsp3) is 0.167. The Bertz CT molecular complexity index is 1230. The first-order valence-corrected chi connectivity index (χ1v) is 10.4. The van der Waals surface area contributed by atoms with E-state index in [4.69, 9.17) is 9.47 Å². The van der Waals surface area contributed by atoms with Crippen molar-refractivity contribution in [3.8, 4) is 11.5 Å². The topological polar surface area (TPSA) is 129 Å². The third-order valence-electron chi connectivity index (χ3n) is 4.14. The Hall–Kier alpha value is -3.60. The van der Waals surface area contributed by atoms with E-state index < -0.39 is 28.3 Å². The SMILES string of the molecule is CS(=O)(=O)c1nc2ccccc2n1CC(=O)NC(=O)Nc1ccc2c(c1)OCO2. The average molecular weight is 416 g/mol. The van der Waals surface area contributed by atoms with Crippen molar-refractivity contribution in [2.75, 3.05) is 18.4 Å². The molecule has 1 aliphatic rings. The number of sulfone groups is 1. The molecule has 2 N–H and O–H groups in total. The van der Waals surface area contributed by atoms with E-state index in [9.17, 15) is 18.0 Å². The number of rotatable bonds is 4. The Labute approximate surface area is 165 Å². The zero-order valence-corrected chi connectivity index (χ0v) is 16.0. The molecule has 3 amide bonds. The number of benzene rings is 2. The molecule has 0 saturated carbocycles. The number of ether oxygens (including phenoxy) is 2. The van der Waals surface area contributed by atoms with Gasteiger partial charge < -0.3 is 19.4 Å². The van der Waals surface area contributed by atoms with Crippen molar-refractivity contribution in [1.29, 1.82) is 0 Å². The maximum atomic E-state index is 12.4. The molecule has 0 fully saturated rings. The third kappa shape index (κ3) is 3.85. The zero-order chi connectivity index (χ0) is 20.6. The van der Waals surface area contributed by atoms with Gasteiger partial charge in [-0.25, -0.2) is 18.2 Å². The van der Waals surface area contributed by atoms with Crippen LogP contribution in [-0.4, -0.2) is 43.0 Å². The molecule has 0 atom stereocenters. The van der Waals surface area contributed by atoms with E-state index in [1.165, 1.54) is 4.57 Å². The number of urea groups is 1. The molecule has 4 rings (SSSR count). The molecular formula is C18H16N4O6S. The molecule has 0 spiro atoms. The van der Waals surface area contributed by atoms with Gasteiger partial charge in [0.2, 0.25) is 27.7 Å². The van der Waals surface area contributed by atoms with Gasteiger partial charge in [0, 0.05) is 18.0 Å². The summed E-state index contributed by atoms with van der Waals surface area (Å²) in [6, 6.07) is 10.7. The fourth-order valence-corrected chi connectivity index (χ4v) is 3.76. The van der Waals surface area contributed by atoms with Crippen LogP contribution in [-0.2, 0) is 21.2 Å². The van der Waals surface area contributed by atoms with Gasteiger partial charge in [0.1, 0.15) is 6.54 Å². The van der Waals surface area contributed by atoms with E-state index in [0.29, 0.717) is 28.2 Å². The fourth-order valence-electron chi connectivity index (χ4n) is 2.94.